The summed E-state index contributed by atoms with van der Waals surface area (Å²) in [5, 5.41) is 26.0. The van der Waals surface area contributed by atoms with E-state index in [2.05, 4.69) is 68.9 Å². The molecule has 0 unspecified atom stereocenters. The zero-order chi connectivity index (χ0) is 24.8. The van der Waals surface area contributed by atoms with Gasteiger partial charge in [-0.15, -0.1) is 30.4 Å². The molecule has 4 rings (SSSR count). The number of thiol groups is 2. The Morgan fingerprint density at radius 3 is 1.60 bits per heavy atom. The second kappa shape index (κ2) is 11.2. The van der Waals surface area contributed by atoms with Crippen molar-refractivity contribution >= 4 is 59.4 Å². The third-order valence-corrected chi connectivity index (χ3v) is 5.82. The van der Waals surface area contributed by atoms with Crippen LogP contribution in [0, 0.1) is 20.8 Å². The van der Waals surface area contributed by atoms with E-state index in [1.165, 1.54) is 5.56 Å². The Morgan fingerprint density at radius 1 is 0.457 bits per heavy atom. The van der Waals surface area contributed by atoms with E-state index in [0.717, 1.165) is 38.8 Å². The van der Waals surface area contributed by atoms with Gasteiger partial charge in [-0.3, -0.25) is 0 Å². The topological polar surface area (TPSA) is 74.2 Å². The smallest absolute Gasteiger partial charge is 0.0991 e. The van der Waals surface area contributed by atoms with Crippen LogP contribution in [0.3, 0.4) is 0 Å². The van der Waals surface area contributed by atoms with Crippen molar-refractivity contribution in [2.45, 2.75) is 30.6 Å². The fourth-order valence-corrected chi connectivity index (χ4v) is 3.64. The van der Waals surface area contributed by atoms with Crippen molar-refractivity contribution in [2.24, 2.45) is 30.7 Å². The van der Waals surface area contributed by atoms with Crippen molar-refractivity contribution in [1.29, 1.82) is 0 Å². The van der Waals surface area contributed by atoms with Crippen LogP contribution >= 0.6 is 25.3 Å². The van der Waals surface area contributed by atoms with Crippen LogP contribution in [0.25, 0.3) is 0 Å². The molecule has 35 heavy (non-hydrogen) atoms. The fraction of sp³-hybridized carbons (Fsp3) is 0.111. The minimum atomic E-state index is 0.643. The molecule has 0 spiro atoms. The van der Waals surface area contributed by atoms with Gasteiger partial charge < -0.3 is 0 Å². The summed E-state index contributed by atoms with van der Waals surface area (Å²) in [6, 6.07) is 24.7. The maximum atomic E-state index is 4.53. The van der Waals surface area contributed by atoms with Crippen LogP contribution in [-0.2, 0) is 0 Å². The second-order valence-electron chi connectivity index (χ2n) is 8.05. The fourth-order valence-electron chi connectivity index (χ4n) is 3.24. The molecule has 0 aliphatic rings. The van der Waals surface area contributed by atoms with Crippen LogP contribution in [0.5, 0.6) is 0 Å². The predicted octanol–water partition coefficient (Wildman–Crippen LogP) is 10.4. The lowest BCUT2D eigenvalue weighted by molar-refractivity contribution is 1.16. The lowest BCUT2D eigenvalue weighted by Gasteiger charge is -2.03. The first-order valence-electron chi connectivity index (χ1n) is 10.9. The molecule has 0 N–H and O–H groups in total. The van der Waals surface area contributed by atoms with E-state index in [4.69, 9.17) is 0 Å². The minimum Gasteiger partial charge on any atom is -0.151 e. The van der Waals surface area contributed by atoms with Crippen molar-refractivity contribution in [1.82, 2.24) is 0 Å². The Balaban J connectivity index is 1.45. The number of nitrogens with zero attached hydrogens (tertiary/aromatic N) is 6. The summed E-state index contributed by atoms with van der Waals surface area (Å²) >= 11 is 8.80. The molecular weight excluding hydrogens is 472 g/mol. The molecule has 0 saturated carbocycles. The Labute approximate surface area is 215 Å². The quantitative estimate of drug-likeness (QED) is 0.197. The van der Waals surface area contributed by atoms with Crippen LogP contribution in [0.2, 0.25) is 0 Å². The summed E-state index contributed by atoms with van der Waals surface area (Å²) in [6.07, 6.45) is 0. The van der Waals surface area contributed by atoms with Gasteiger partial charge in [0.25, 0.3) is 0 Å². The highest BCUT2D eigenvalue weighted by Crippen LogP contribution is 2.32. The molecule has 0 saturated heterocycles. The summed E-state index contributed by atoms with van der Waals surface area (Å²) in [7, 11) is 0. The molecule has 0 bridgehead atoms. The monoisotopic (exact) mass is 496 g/mol. The van der Waals surface area contributed by atoms with Gasteiger partial charge in [0.05, 0.1) is 34.1 Å². The SMILES string of the molecule is Cc1ccc(N=Nc2ccc(N=Nc3ccc(N=Nc4ccc(S)cc4)cc3S)c(C)c2)c(C)c1. The number of rotatable bonds is 6. The number of aryl methyl sites for hydroxylation is 3. The summed E-state index contributed by atoms with van der Waals surface area (Å²) in [5.41, 5.74) is 7.69. The highest BCUT2D eigenvalue weighted by Gasteiger charge is 2.03. The second-order valence-corrected chi connectivity index (χ2v) is 9.05. The van der Waals surface area contributed by atoms with Gasteiger partial charge in [-0.25, -0.2) is 0 Å². The first-order valence-corrected chi connectivity index (χ1v) is 11.8. The van der Waals surface area contributed by atoms with E-state index in [1.807, 2.05) is 80.6 Å². The number of benzene rings is 4. The van der Waals surface area contributed by atoms with Crippen LogP contribution in [0.4, 0.5) is 34.1 Å². The Bertz CT molecular complexity index is 1440. The number of azo groups is 3. The minimum absolute atomic E-state index is 0.643. The zero-order valence-electron chi connectivity index (χ0n) is 19.6. The van der Waals surface area contributed by atoms with Crippen molar-refractivity contribution in [3.63, 3.8) is 0 Å². The van der Waals surface area contributed by atoms with E-state index in [9.17, 15) is 0 Å². The molecule has 0 radical (unpaired) electrons. The van der Waals surface area contributed by atoms with Gasteiger partial charge in [0.1, 0.15) is 0 Å². The van der Waals surface area contributed by atoms with Crippen LogP contribution < -0.4 is 0 Å². The van der Waals surface area contributed by atoms with Crippen LogP contribution in [0.1, 0.15) is 16.7 Å². The lowest BCUT2D eigenvalue weighted by atomic mass is 10.1. The Hall–Kier alpha value is -3.62. The zero-order valence-corrected chi connectivity index (χ0v) is 21.4. The highest BCUT2D eigenvalue weighted by atomic mass is 32.1. The molecular formula is C27H24N6S2. The van der Waals surface area contributed by atoms with E-state index < -0.39 is 0 Å². The van der Waals surface area contributed by atoms with Crippen molar-refractivity contribution in [2.75, 3.05) is 0 Å². The van der Waals surface area contributed by atoms with Crippen molar-refractivity contribution in [3.05, 3.63) is 95.6 Å². The summed E-state index contributed by atoms with van der Waals surface area (Å²) < 4.78 is 0. The molecule has 0 aromatic heterocycles. The molecule has 0 aliphatic carbocycles. The van der Waals surface area contributed by atoms with Gasteiger partial charge in [-0.2, -0.15) is 25.6 Å². The van der Waals surface area contributed by atoms with E-state index in [1.54, 1.807) is 6.07 Å². The molecule has 0 aliphatic heterocycles. The average Bonchev–Trinajstić information content (AvgIpc) is 2.83. The van der Waals surface area contributed by atoms with Gasteiger partial charge in [0, 0.05) is 9.79 Å². The molecule has 0 amide bonds. The third kappa shape index (κ3) is 6.71. The summed E-state index contributed by atoms with van der Waals surface area (Å²) in [4.78, 5) is 1.54. The standard InChI is InChI=1S/C27H24N6S2/c1-17-4-11-24(18(2)14-17)31-30-21-7-12-25(19(3)15-21)32-33-26-13-8-22(16-27(26)35)29-28-20-5-9-23(34)10-6-20/h4-16,34-35H,1-3H3. The van der Waals surface area contributed by atoms with E-state index in [0.29, 0.717) is 16.3 Å². The molecule has 4 aromatic rings. The molecule has 0 heterocycles. The highest BCUT2D eigenvalue weighted by molar-refractivity contribution is 7.80. The lowest BCUT2D eigenvalue weighted by Crippen LogP contribution is -1.77. The number of hydrogen-bond acceptors (Lipinski definition) is 8. The third-order valence-electron chi connectivity index (χ3n) is 5.16. The summed E-state index contributed by atoms with van der Waals surface area (Å²) in [6.45, 7) is 6.06. The van der Waals surface area contributed by atoms with Crippen molar-refractivity contribution < 1.29 is 0 Å². The molecule has 6 nitrogen and oxygen atoms in total. The molecule has 0 fully saturated rings. The normalized spacial score (nSPS) is 11.8. The van der Waals surface area contributed by atoms with E-state index in [-0.39, 0.29) is 0 Å². The number of hydrogen-bond donors (Lipinski definition) is 2. The maximum absolute atomic E-state index is 4.53. The van der Waals surface area contributed by atoms with Gasteiger partial charge in [-0.1, -0.05) is 17.7 Å². The first-order chi connectivity index (χ1) is 16.9. The van der Waals surface area contributed by atoms with Gasteiger partial charge >= 0.3 is 0 Å². The van der Waals surface area contributed by atoms with Crippen molar-refractivity contribution in [3.8, 4) is 0 Å². The van der Waals surface area contributed by atoms with Crippen LogP contribution in [0.15, 0.2) is 119 Å². The predicted molar refractivity (Wildman–Crippen MR) is 147 cm³/mol. The maximum Gasteiger partial charge on any atom is 0.0991 e. The van der Waals surface area contributed by atoms with Gasteiger partial charge in [-0.05, 0) is 98.6 Å². The van der Waals surface area contributed by atoms with E-state index >= 15 is 0 Å². The van der Waals surface area contributed by atoms with Gasteiger partial charge in [0.2, 0.25) is 0 Å². The average molecular weight is 497 g/mol. The van der Waals surface area contributed by atoms with Gasteiger partial charge in [0.15, 0.2) is 0 Å². The largest absolute Gasteiger partial charge is 0.151 e. The molecule has 0 atom stereocenters. The Morgan fingerprint density at radius 2 is 0.943 bits per heavy atom. The molecule has 8 heteroatoms. The van der Waals surface area contributed by atoms with Crippen LogP contribution in [-0.4, -0.2) is 0 Å². The molecule has 174 valence electrons. The first kappa shape index (κ1) is 24.5. The molecule has 4 aromatic carbocycles. The summed E-state index contributed by atoms with van der Waals surface area (Å²) in [5.74, 6) is 0. The Kier molecular flexibility index (Phi) is 7.84.